The van der Waals surface area contributed by atoms with E-state index < -0.39 is 0 Å². The quantitative estimate of drug-likeness (QED) is 0.620. The van der Waals surface area contributed by atoms with E-state index in [4.69, 9.17) is 0 Å². The third-order valence-electron chi connectivity index (χ3n) is 6.40. The molecular weight excluding hydrogens is 422 g/mol. The van der Waals surface area contributed by atoms with Gasteiger partial charge in [-0.2, -0.15) is 0 Å². The van der Waals surface area contributed by atoms with Crippen molar-refractivity contribution in [1.29, 1.82) is 0 Å². The van der Waals surface area contributed by atoms with Crippen molar-refractivity contribution in [2.45, 2.75) is 31.7 Å². The fourth-order valence-corrected chi connectivity index (χ4v) is 4.54. The Hall–Kier alpha value is -3.76. The van der Waals surface area contributed by atoms with Crippen LogP contribution in [0.25, 0.3) is 5.65 Å². The van der Waals surface area contributed by atoms with E-state index in [0.29, 0.717) is 18.7 Å². The Morgan fingerprint density at radius 1 is 0.909 bits per heavy atom. The Bertz CT molecular complexity index is 1100. The van der Waals surface area contributed by atoms with Gasteiger partial charge in [-0.25, -0.2) is 4.79 Å². The molecule has 0 radical (unpaired) electrons. The third-order valence-corrected chi connectivity index (χ3v) is 6.40. The Labute approximate surface area is 191 Å². The maximum Gasteiger partial charge on any atom is 0.319 e. The second-order valence-corrected chi connectivity index (χ2v) is 8.54. The van der Waals surface area contributed by atoms with Gasteiger partial charge in [0.05, 0.1) is 0 Å². The average molecular weight is 450 g/mol. The van der Waals surface area contributed by atoms with Crippen LogP contribution in [0.15, 0.2) is 42.5 Å². The summed E-state index contributed by atoms with van der Waals surface area (Å²) in [7, 11) is 0. The topological polar surface area (TPSA) is 121 Å². The molecule has 0 saturated carbocycles. The highest BCUT2D eigenvalue weighted by molar-refractivity contribution is 5.89. The largest absolute Gasteiger partial charge is 0.355 e. The number of rotatable bonds is 4. The summed E-state index contributed by atoms with van der Waals surface area (Å²) in [5, 5.41) is 21.7. The highest BCUT2D eigenvalue weighted by Gasteiger charge is 2.31. The first-order chi connectivity index (χ1) is 16.2. The maximum absolute atomic E-state index is 13.1. The molecule has 0 unspecified atom stereocenters. The van der Waals surface area contributed by atoms with Gasteiger partial charge in [0.2, 0.25) is 5.91 Å². The highest BCUT2D eigenvalue weighted by atomic mass is 16.2. The molecule has 11 nitrogen and oxygen atoms in total. The number of anilines is 2. The number of hydrogen-bond donors (Lipinski definition) is 2. The van der Waals surface area contributed by atoms with Crippen molar-refractivity contribution in [3.63, 3.8) is 0 Å². The fourth-order valence-electron chi connectivity index (χ4n) is 4.54. The molecule has 1 aromatic carbocycles. The van der Waals surface area contributed by atoms with Crippen molar-refractivity contribution in [2.75, 3.05) is 36.4 Å². The molecular formula is C22H27N9O2. The van der Waals surface area contributed by atoms with Crippen LogP contribution in [0.3, 0.4) is 0 Å². The third kappa shape index (κ3) is 4.86. The molecule has 0 atom stereocenters. The number of urea groups is 1. The van der Waals surface area contributed by atoms with Gasteiger partial charge in [0.1, 0.15) is 0 Å². The number of tetrazole rings is 1. The Balaban J connectivity index is 1.07. The number of nitrogens with one attached hydrogen (secondary N) is 2. The number of para-hydroxylation sites is 1. The van der Waals surface area contributed by atoms with Gasteiger partial charge in [-0.15, -0.1) is 14.8 Å². The summed E-state index contributed by atoms with van der Waals surface area (Å²) in [6, 6.07) is 13.0. The summed E-state index contributed by atoms with van der Waals surface area (Å²) in [6.45, 7) is 2.89. The molecule has 4 heterocycles. The lowest BCUT2D eigenvalue weighted by molar-refractivity contribution is -0.137. The highest BCUT2D eigenvalue weighted by Crippen LogP contribution is 2.25. The first kappa shape index (κ1) is 21.1. The first-order valence-corrected chi connectivity index (χ1v) is 11.4. The number of nitrogens with zero attached hydrogens (tertiary/aromatic N) is 7. The molecule has 11 heteroatoms. The Kier molecular flexibility index (Phi) is 6.01. The van der Waals surface area contributed by atoms with E-state index in [1.165, 1.54) is 4.63 Å². The van der Waals surface area contributed by atoms with Crippen LogP contribution in [-0.4, -0.2) is 74.3 Å². The molecule has 2 fully saturated rings. The number of benzene rings is 1. The van der Waals surface area contributed by atoms with Gasteiger partial charge >= 0.3 is 6.03 Å². The van der Waals surface area contributed by atoms with Gasteiger partial charge in [0, 0.05) is 43.8 Å². The molecule has 0 aliphatic carbocycles. The normalized spacial score (nSPS) is 17.8. The van der Waals surface area contributed by atoms with Crippen LogP contribution in [0.1, 0.15) is 25.7 Å². The minimum absolute atomic E-state index is 0.0314. The van der Waals surface area contributed by atoms with E-state index >= 15 is 0 Å². The van der Waals surface area contributed by atoms with E-state index in [0.717, 1.165) is 50.3 Å². The molecule has 3 aromatic rings. The summed E-state index contributed by atoms with van der Waals surface area (Å²) in [6.07, 6.45) is 3.13. The van der Waals surface area contributed by atoms with Crippen LogP contribution in [0.2, 0.25) is 0 Å². The predicted octanol–water partition coefficient (Wildman–Crippen LogP) is 1.55. The minimum Gasteiger partial charge on any atom is -0.355 e. The predicted molar refractivity (Wildman–Crippen MR) is 122 cm³/mol. The zero-order valence-electron chi connectivity index (χ0n) is 18.3. The van der Waals surface area contributed by atoms with Crippen molar-refractivity contribution in [1.82, 2.24) is 35.5 Å². The molecule has 33 heavy (non-hydrogen) atoms. The monoisotopic (exact) mass is 449 g/mol. The molecule has 0 spiro atoms. The zero-order chi connectivity index (χ0) is 22.6. The van der Waals surface area contributed by atoms with Crippen molar-refractivity contribution in [3.05, 3.63) is 42.5 Å². The standard InChI is InChI=1S/C22H27N9O2/c32-21(16-8-12-29(13-9-16)20-7-6-19-25-27-28-31(19)26-20)30-14-10-18(11-15-30)24-22(33)23-17-4-2-1-3-5-17/h1-7,16,18H,8-15H2,(H2,23,24,33). The summed E-state index contributed by atoms with van der Waals surface area (Å²) in [5.74, 6) is 1.08. The summed E-state index contributed by atoms with van der Waals surface area (Å²) >= 11 is 0. The Morgan fingerprint density at radius 2 is 1.67 bits per heavy atom. The lowest BCUT2D eigenvalue weighted by Gasteiger charge is -2.37. The molecule has 5 rings (SSSR count). The number of likely N-dealkylation sites (tertiary alicyclic amines) is 1. The summed E-state index contributed by atoms with van der Waals surface area (Å²) in [5.41, 5.74) is 1.38. The maximum atomic E-state index is 13.1. The number of aromatic nitrogens is 5. The van der Waals surface area contributed by atoms with Crippen LogP contribution in [-0.2, 0) is 4.79 Å². The number of hydrogen-bond acceptors (Lipinski definition) is 7. The van der Waals surface area contributed by atoms with Gasteiger partial charge in [-0.3, -0.25) is 4.79 Å². The lowest BCUT2D eigenvalue weighted by atomic mass is 9.94. The molecule has 3 amide bonds. The molecule has 2 aliphatic rings. The lowest BCUT2D eigenvalue weighted by Crippen LogP contribution is -2.50. The second-order valence-electron chi connectivity index (χ2n) is 8.54. The van der Waals surface area contributed by atoms with Gasteiger partial charge in [-0.1, -0.05) is 18.2 Å². The molecule has 2 N–H and O–H groups in total. The van der Waals surface area contributed by atoms with Gasteiger partial charge < -0.3 is 20.4 Å². The first-order valence-electron chi connectivity index (χ1n) is 11.4. The van der Waals surface area contributed by atoms with E-state index in [1.807, 2.05) is 47.4 Å². The average Bonchev–Trinajstić information content (AvgIpc) is 3.33. The summed E-state index contributed by atoms with van der Waals surface area (Å²) < 4.78 is 1.42. The summed E-state index contributed by atoms with van der Waals surface area (Å²) in [4.78, 5) is 29.4. The number of carbonyl (C=O) groups excluding carboxylic acids is 2. The minimum atomic E-state index is -0.202. The van der Waals surface area contributed by atoms with Crippen LogP contribution in [0.5, 0.6) is 0 Å². The molecule has 0 bridgehead atoms. The number of carbonyl (C=O) groups is 2. The van der Waals surface area contributed by atoms with Crippen molar-refractivity contribution >= 4 is 29.1 Å². The van der Waals surface area contributed by atoms with Crippen LogP contribution in [0.4, 0.5) is 16.3 Å². The van der Waals surface area contributed by atoms with Crippen molar-refractivity contribution < 1.29 is 9.59 Å². The number of piperidine rings is 2. The van der Waals surface area contributed by atoms with Crippen LogP contribution in [0, 0.1) is 5.92 Å². The zero-order valence-corrected chi connectivity index (χ0v) is 18.3. The van der Waals surface area contributed by atoms with Crippen molar-refractivity contribution in [2.24, 2.45) is 5.92 Å². The van der Waals surface area contributed by atoms with E-state index in [-0.39, 0.29) is 23.9 Å². The molecule has 2 saturated heterocycles. The van der Waals surface area contributed by atoms with Crippen molar-refractivity contribution in [3.8, 4) is 0 Å². The number of amides is 3. The Morgan fingerprint density at radius 3 is 2.42 bits per heavy atom. The van der Waals surface area contributed by atoms with E-state index in [1.54, 1.807) is 0 Å². The molecule has 172 valence electrons. The fraction of sp³-hybridized carbons (Fsp3) is 0.455. The van der Waals surface area contributed by atoms with Crippen LogP contribution >= 0.6 is 0 Å². The molecule has 2 aromatic heterocycles. The van der Waals surface area contributed by atoms with Gasteiger partial charge in [0.25, 0.3) is 0 Å². The van der Waals surface area contributed by atoms with E-state index in [2.05, 4.69) is 36.2 Å². The number of fused-ring (bicyclic) bond motifs is 1. The van der Waals surface area contributed by atoms with Gasteiger partial charge in [0.15, 0.2) is 11.5 Å². The van der Waals surface area contributed by atoms with Crippen LogP contribution < -0.4 is 15.5 Å². The van der Waals surface area contributed by atoms with Gasteiger partial charge in [-0.05, 0) is 60.4 Å². The SMILES string of the molecule is O=C(Nc1ccccc1)NC1CCN(C(=O)C2CCN(c3ccc4nnnn4n3)CC2)CC1. The molecule has 2 aliphatic heterocycles. The second kappa shape index (κ2) is 9.39. The van der Waals surface area contributed by atoms with E-state index in [9.17, 15) is 9.59 Å². The smallest absolute Gasteiger partial charge is 0.319 e.